The van der Waals surface area contributed by atoms with Gasteiger partial charge in [-0.2, -0.15) is 0 Å². The number of sulfonamides is 1. The van der Waals surface area contributed by atoms with Gasteiger partial charge in [0.25, 0.3) is 10.0 Å². The number of hydrogen-bond acceptors (Lipinski definition) is 4. The van der Waals surface area contributed by atoms with E-state index >= 15 is 0 Å². The quantitative estimate of drug-likeness (QED) is 0.294. The molecule has 0 unspecified atom stereocenters. The number of carbonyl (C=O) groups is 2. The van der Waals surface area contributed by atoms with Crippen LogP contribution in [0.25, 0.3) is 0 Å². The molecular formula is C32H38ClN3O4S. The Morgan fingerprint density at radius 3 is 2.22 bits per heavy atom. The lowest BCUT2D eigenvalue weighted by atomic mass is 10.1. The summed E-state index contributed by atoms with van der Waals surface area (Å²) >= 11 is 6.48. The zero-order valence-corrected chi connectivity index (χ0v) is 25.4. The summed E-state index contributed by atoms with van der Waals surface area (Å²) < 4.78 is 29.2. The van der Waals surface area contributed by atoms with Gasteiger partial charge < -0.3 is 10.2 Å². The minimum Gasteiger partial charge on any atom is -0.352 e. The fourth-order valence-electron chi connectivity index (χ4n) is 5.29. The maximum absolute atomic E-state index is 14.2. The molecule has 3 aromatic rings. The van der Waals surface area contributed by atoms with Crippen LogP contribution in [-0.4, -0.2) is 43.8 Å². The molecule has 0 spiro atoms. The van der Waals surface area contributed by atoms with Crippen molar-refractivity contribution in [3.63, 3.8) is 0 Å². The van der Waals surface area contributed by atoms with Crippen LogP contribution in [0.4, 0.5) is 5.69 Å². The first-order chi connectivity index (χ1) is 19.6. The lowest BCUT2D eigenvalue weighted by Crippen LogP contribution is -2.53. The lowest BCUT2D eigenvalue weighted by Gasteiger charge is -2.34. The van der Waals surface area contributed by atoms with Crippen LogP contribution in [0, 0.1) is 13.8 Å². The van der Waals surface area contributed by atoms with Gasteiger partial charge in [0.05, 0.1) is 10.6 Å². The summed E-state index contributed by atoms with van der Waals surface area (Å²) in [5.41, 5.74) is 2.72. The van der Waals surface area contributed by atoms with Crippen molar-refractivity contribution in [3.8, 4) is 0 Å². The molecule has 1 aliphatic rings. The first-order valence-electron chi connectivity index (χ1n) is 14.1. The Morgan fingerprint density at radius 2 is 1.59 bits per heavy atom. The highest BCUT2D eigenvalue weighted by atomic mass is 35.5. The van der Waals surface area contributed by atoms with Crippen LogP contribution in [0.1, 0.15) is 55.7 Å². The Hall–Kier alpha value is -3.36. The molecule has 1 saturated carbocycles. The highest BCUT2D eigenvalue weighted by Gasteiger charge is 2.35. The van der Waals surface area contributed by atoms with Crippen LogP contribution in [0.15, 0.2) is 77.7 Å². The van der Waals surface area contributed by atoms with E-state index in [0.29, 0.717) is 28.3 Å². The molecule has 1 aliphatic carbocycles. The van der Waals surface area contributed by atoms with Gasteiger partial charge in [-0.1, -0.05) is 85.5 Å². The van der Waals surface area contributed by atoms with Crippen LogP contribution < -0.4 is 9.62 Å². The second-order valence-electron chi connectivity index (χ2n) is 10.6. The summed E-state index contributed by atoms with van der Waals surface area (Å²) in [4.78, 5) is 29.3. The maximum Gasteiger partial charge on any atom is 0.264 e. The molecule has 41 heavy (non-hydrogen) atoms. The largest absolute Gasteiger partial charge is 0.352 e. The van der Waals surface area contributed by atoms with E-state index in [9.17, 15) is 18.0 Å². The van der Waals surface area contributed by atoms with Crippen molar-refractivity contribution in [3.05, 3.63) is 94.5 Å². The average molecular weight is 596 g/mol. The first kappa shape index (κ1) is 30.6. The molecule has 1 N–H and O–H groups in total. The Kier molecular flexibility index (Phi) is 10.1. The van der Waals surface area contributed by atoms with Crippen LogP contribution in [0.5, 0.6) is 0 Å². The fourth-order valence-corrected chi connectivity index (χ4v) is 6.97. The van der Waals surface area contributed by atoms with Crippen molar-refractivity contribution in [2.45, 2.75) is 76.4 Å². The van der Waals surface area contributed by atoms with Crippen molar-refractivity contribution in [2.75, 3.05) is 10.8 Å². The van der Waals surface area contributed by atoms with E-state index < -0.39 is 28.5 Å². The van der Waals surface area contributed by atoms with E-state index in [4.69, 9.17) is 11.6 Å². The zero-order chi connectivity index (χ0) is 29.6. The molecular weight excluding hydrogens is 558 g/mol. The van der Waals surface area contributed by atoms with Crippen molar-refractivity contribution >= 4 is 39.1 Å². The van der Waals surface area contributed by atoms with Crippen LogP contribution >= 0.6 is 11.6 Å². The minimum atomic E-state index is -4.12. The molecule has 0 aromatic heterocycles. The van der Waals surface area contributed by atoms with Crippen LogP contribution in [-0.2, 0) is 26.2 Å². The normalized spacial score (nSPS) is 14.4. The standard InChI is InChI=1S/C32H38ClN3O4S/c1-4-29(32(38)34-26-13-7-8-14-26)35(21-25-12-6-9-15-28(25)33)31(37)22-36(30-16-10-5-11-24(30)3)41(39,40)27-19-17-23(2)18-20-27/h5-6,9-12,15-20,26,29H,4,7-8,13-14,21-22H2,1-3H3,(H,34,38)/t29-/m1/s1. The van der Waals surface area contributed by atoms with Crippen molar-refractivity contribution in [1.82, 2.24) is 10.2 Å². The molecule has 0 heterocycles. The number of halogens is 1. The SMILES string of the molecule is CC[C@H](C(=O)NC1CCCC1)N(Cc1ccccc1Cl)C(=O)CN(c1ccccc1C)S(=O)(=O)c1ccc(C)cc1. The Morgan fingerprint density at radius 1 is 0.951 bits per heavy atom. The molecule has 7 nitrogen and oxygen atoms in total. The number of benzene rings is 3. The Labute approximate surface area is 248 Å². The van der Waals surface area contributed by atoms with Crippen LogP contribution in [0.3, 0.4) is 0 Å². The molecule has 4 rings (SSSR count). The van der Waals surface area contributed by atoms with Crippen molar-refractivity contribution in [1.29, 1.82) is 0 Å². The number of hydrogen-bond donors (Lipinski definition) is 1. The number of aryl methyl sites for hydroxylation is 2. The third-order valence-electron chi connectivity index (χ3n) is 7.66. The molecule has 9 heteroatoms. The summed E-state index contributed by atoms with van der Waals surface area (Å²) in [7, 11) is -4.12. The van der Waals surface area contributed by atoms with E-state index in [-0.39, 0.29) is 23.4 Å². The first-order valence-corrected chi connectivity index (χ1v) is 15.9. The smallest absolute Gasteiger partial charge is 0.264 e. The number of nitrogens with zero attached hydrogens (tertiary/aromatic N) is 2. The number of carbonyl (C=O) groups excluding carboxylic acids is 2. The molecule has 0 radical (unpaired) electrons. The molecule has 0 aliphatic heterocycles. The average Bonchev–Trinajstić information content (AvgIpc) is 3.46. The van der Waals surface area contributed by atoms with Gasteiger partial charge in [0, 0.05) is 17.6 Å². The highest BCUT2D eigenvalue weighted by molar-refractivity contribution is 7.92. The maximum atomic E-state index is 14.2. The Balaban J connectivity index is 1.73. The number of anilines is 1. The summed E-state index contributed by atoms with van der Waals surface area (Å²) in [5, 5.41) is 3.60. The van der Waals surface area contributed by atoms with E-state index in [1.54, 1.807) is 48.5 Å². The summed E-state index contributed by atoms with van der Waals surface area (Å²) in [6, 6.07) is 20.1. The van der Waals surface area contributed by atoms with E-state index in [0.717, 1.165) is 35.6 Å². The van der Waals surface area contributed by atoms with Crippen LogP contribution in [0.2, 0.25) is 5.02 Å². The van der Waals surface area contributed by atoms with Gasteiger partial charge >= 0.3 is 0 Å². The number of nitrogens with one attached hydrogen (secondary N) is 1. The summed E-state index contributed by atoms with van der Waals surface area (Å²) in [5.74, 6) is -0.721. The number of amides is 2. The fraction of sp³-hybridized carbons (Fsp3) is 0.375. The molecule has 1 fully saturated rings. The number of para-hydroxylation sites is 1. The van der Waals surface area contributed by atoms with E-state index in [1.165, 1.54) is 4.90 Å². The third-order valence-corrected chi connectivity index (χ3v) is 9.80. The van der Waals surface area contributed by atoms with Gasteiger partial charge in [0.2, 0.25) is 11.8 Å². The predicted molar refractivity (Wildman–Crippen MR) is 163 cm³/mol. The Bertz CT molecular complexity index is 1470. The van der Waals surface area contributed by atoms with Gasteiger partial charge in [0.1, 0.15) is 12.6 Å². The second-order valence-corrected chi connectivity index (χ2v) is 12.9. The second kappa shape index (κ2) is 13.5. The minimum absolute atomic E-state index is 0.0707. The van der Waals surface area contributed by atoms with Gasteiger partial charge in [-0.15, -0.1) is 0 Å². The molecule has 2 amide bonds. The van der Waals surface area contributed by atoms with Gasteiger partial charge in [-0.25, -0.2) is 8.42 Å². The topological polar surface area (TPSA) is 86.8 Å². The zero-order valence-electron chi connectivity index (χ0n) is 23.8. The molecule has 1 atom stereocenters. The van der Waals surface area contributed by atoms with E-state index in [1.807, 2.05) is 45.0 Å². The van der Waals surface area contributed by atoms with Gasteiger partial charge in [0.15, 0.2) is 0 Å². The molecule has 0 bridgehead atoms. The van der Waals surface area contributed by atoms with Gasteiger partial charge in [-0.05, 0) is 68.5 Å². The van der Waals surface area contributed by atoms with E-state index in [2.05, 4.69) is 5.32 Å². The third kappa shape index (κ3) is 7.29. The van der Waals surface area contributed by atoms with Gasteiger partial charge in [-0.3, -0.25) is 13.9 Å². The monoisotopic (exact) mass is 595 g/mol. The predicted octanol–water partition coefficient (Wildman–Crippen LogP) is 6.02. The lowest BCUT2D eigenvalue weighted by molar-refractivity contribution is -0.140. The molecule has 218 valence electrons. The summed E-state index contributed by atoms with van der Waals surface area (Å²) in [6.45, 7) is 5.14. The summed E-state index contributed by atoms with van der Waals surface area (Å²) in [6.07, 6.45) is 4.31. The highest BCUT2D eigenvalue weighted by Crippen LogP contribution is 2.28. The number of rotatable bonds is 11. The van der Waals surface area contributed by atoms with Crippen molar-refractivity contribution < 1.29 is 18.0 Å². The molecule has 0 saturated heterocycles. The van der Waals surface area contributed by atoms with Crippen molar-refractivity contribution in [2.24, 2.45) is 0 Å². The molecule has 3 aromatic carbocycles.